The molecule has 6 nitrogen and oxygen atoms in total. The van der Waals surface area contributed by atoms with Crippen LogP contribution < -0.4 is 5.32 Å². The smallest absolute Gasteiger partial charge is 0.253 e. The van der Waals surface area contributed by atoms with E-state index in [9.17, 15) is 4.79 Å². The number of carbonyl (C=O) groups is 1. The number of rotatable bonds is 4. The van der Waals surface area contributed by atoms with E-state index in [-0.39, 0.29) is 5.91 Å². The lowest BCUT2D eigenvalue weighted by Gasteiger charge is -2.26. The zero-order chi connectivity index (χ0) is 16.2. The summed E-state index contributed by atoms with van der Waals surface area (Å²) >= 11 is 1.90. The van der Waals surface area contributed by atoms with Gasteiger partial charge in [0.15, 0.2) is 5.82 Å². The van der Waals surface area contributed by atoms with Gasteiger partial charge < -0.3 is 14.7 Å². The number of hydrogen-bond acceptors (Lipinski definition) is 6. The van der Waals surface area contributed by atoms with Crippen molar-refractivity contribution in [2.45, 2.75) is 20.4 Å². The van der Waals surface area contributed by atoms with Gasteiger partial charge in [-0.15, -0.1) is 0 Å². The van der Waals surface area contributed by atoms with Crippen molar-refractivity contribution < 1.29 is 9.32 Å². The van der Waals surface area contributed by atoms with Gasteiger partial charge >= 0.3 is 0 Å². The molecule has 1 aliphatic rings. The maximum atomic E-state index is 12.6. The summed E-state index contributed by atoms with van der Waals surface area (Å²) in [6.45, 7) is 5.88. The monoisotopic (exact) mass is 332 g/mol. The average molecular weight is 332 g/mol. The Morgan fingerprint density at radius 3 is 2.83 bits per heavy atom. The Balaban J connectivity index is 1.71. The Morgan fingerprint density at radius 1 is 1.35 bits per heavy atom. The minimum Gasteiger partial charge on any atom is -0.376 e. The molecule has 0 aliphatic carbocycles. The standard InChI is InChI=1S/C16H20N4O2S/c1-11-3-4-13(16(21)20-5-7-23-8-6-20)9-14(11)17-10-15-18-12(2)19-22-15/h3-4,9,17H,5-8,10H2,1-2H3. The van der Waals surface area contributed by atoms with Crippen LogP contribution >= 0.6 is 11.8 Å². The lowest BCUT2D eigenvalue weighted by atomic mass is 10.1. The minimum absolute atomic E-state index is 0.0991. The van der Waals surface area contributed by atoms with Gasteiger partial charge in [0.2, 0.25) is 5.89 Å². The second-order valence-corrected chi connectivity index (χ2v) is 6.75. The number of benzene rings is 1. The third kappa shape index (κ3) is 3.85. The molecule has 7 heteroatoms. The number of carbonyl (C=O) groups excluding carboxylic acids is 1. The van der Waals surface area contributed by atoms with Gasteiger partial charge in [0, 0.05) is 35.8 Å². The zero-order valence-corrected chi connectivity index (χ0v) is 14.2. The summed E-state index contributed by atoms with van der Waals surface area (Å²) in [6.07, 6.45) is 0. The van der Waals surface area contributed by atoms with Crippen LogP contribution in [-0.4, -0.2) is 45.5 Å². The maximum absolute atomic E-state index is 12.6. The third-order valence-electron chi connectivity index (χ3n) is 3.78. The van der Waals surface area contributed by atoms with Gasteiger partial charge in [-0.2, -0.15) is 16.7 Å². The Hall–Kier alpha value is -2.02. The van der Waals surface area contributed by atoms with E-state index in [2.05, 4.69) is 15.5 Å². The van der Waals surface area contributed by atoms with Crippen molar-refractivity contribution in [1.82, 2.24) is 15.0 Å². The number of nitrogens with zero attached hydrogens (tertiary/aromatic N) is 3. The topological polar surface area (TPSA) is 71.3 Å². The first-order chi connectivity index (χ1) is 11.1. The second kappa shape index (κ2) is 7.04. The molecule has 1 aromatic carbocycles. The number of amides is 1. The van der Waals surface area contributed by atoms with E-state index in [0.29, 0.717) is 23.8 Å². The first-order valence-electron chi connectivity index (χ1n) is 7.64. The van der Waals surface area contributed by atoms with Crippen molar-refractivity contribution in [3.8, 4) is 0 Å². The molecule has 0 saturated carbocycles. The Morgan fingerprint density at radius 2 is 2.13 bits per heavy atom. The van der Waals surface area contributed by atoms with E-state index >= 15 is 0 Å². The highest BCUT2D eigenvalue weighted by Gasteiger charge is 2.19. The van der Waals surface area contributed by atoms with Gasteiger partial charge in [0.1, 0.15) is 0 Å². The minimum atomic E-state index is 0.0991. The third-order valence-corrected chi connectivity index (χ3v) is 4.73. The fraction of sp³-hybridized carbons (Fsp3) is 0.438. The first kappa shape index (κ1) is 15.9. The van der Waals surface area contributed by atoms with Crippen molar-refractivity contribution in [1.29, 1.82) is 0 Å². The highest BCUT2D eigenvalue weighted by molar-refractivity contribution is 7.99. The molecule has 3 rings (SSSR count). The van der Waals surface area contributed by atoms with Crippen LogP contribution in [0.4, 0.5) is 5.69 Å². The van der Waals surface area contributed by atoms with Crippen LogP contribution in [0.5, 0.6) is 0 Å². The lowest BCUT2D eigenvalue weighted by Crippen LogP contribution is -2.37. The molecule has 1 saturated heterocycles. The molecule has 1 fully saturated rings. The van der Waals surface area contributed by atoms with Gasteiger partial charge in [0.25, 0.3) is 5.91 Å². The normalized spacial score (nSPS) is 14.8. The van der Waals surface area contributed by atoms with Crippen molar-refractivity contribution >= 4 is 23.4 Å². The molecule has 2 aromatic rings. The van der Waals surface area contributed by atoms with Crippen LogP contribution in [0.15, 0.2) is 22.7 Å². The van der Waals surface area contributed by atoms with Crippen LogP contribution in [0.1, 0.15) is 27.6 Å². The van der Waals surface area contributed by atoms with E-state index in [0.717, 1.165) is 35.8 Å². The average Bonchev–Trinajstić information content (AvgIpc) is 3.00. The summed E-state index contributed by atoms with van der Waals surface area (Å²) in [5.41, 5.74) is 2.71. The van der Waals surface area contributed by atoms with Crippen LogP contribution in [0.25, 0.3) is 0 Å². The van der Waals surface area contributed by atoms with Crippen molar-refractivity contribution in [2.75, 3.05) is 29.9 Å². The van der Waals surface area contributed by atoms with Crippen LogP contribution in [0, 0.1) is 13.8 Å². The van der Waals surface area contributed by atoms with Crippen LogP contribution in [0.3, 0.4) is 0 Å². The largest absolute Gasteiger partial charge is 0.376 e. The van der Waals surface area contributed by atoms with Crippen molar-refractivity contribution in [3.63, 3.8) is 0 Å². The second-order valence-electron chi connectivity index (χ2n) is 5.52. The van der Waals surface area contributed by atoms with Crippen molar-refractivity contribution in [3.05, 3.63) is 41.0 Å². The molecule has 0 spiro atoms. The molecule has 1 N–H and O–H groups in total. The van der Waals surface area contributed by atoms with Gasteiger partial charge in [0.05, 0.1) is 6.54 Å². The van der Waals surface area contributed by atoms with E-state index < -0.39 is 0 Å². The van der Waals surface area contributed by atoms with E-state index in [1.54, 1.807) is 6.92 Å². The quantitative estimate of drug-likeness (QED) is 0.927. The van der Waals surface area contributed by atoms with Gasteiger partial charge in [-0.3, -0.25) is 4.79 Å². The molecule has 0 radical (unpaired) electrons. The van der Waals surface area contributed by atoms with Crippen LogP contribution in [-0.2, 0) is 6.54 Å². The predicted octanol–water partition coefficient (Wildman–Crippen LogP) is 2.49. The Kier molecular flexibility index (Phi) is 4.85. The van der Waals surface area contributed by atoms with Crippen LogP contribution in [0.2, 0.25) is 0 Å². The number of aromatic nitrogens is 2. The highest BCUT2D eigenvalue weighted by Crippen LogP contribution is 2.20. The van der Waals surface area contributed by atoms with Gasteiger partial charge in [-0.05, 0) is 31.5 Å². The van der Waals surface area contributed by atoms with E-state index in [1.807, 2.05) is 41.8 Å². The molecule has 122 valence electrons. The predicted molar refractivity (Wildman–Crippen MR) is 90.8 cm³/mol. The maximum Gasteiger partial charge on any atom is 0.253 e. The number of nitrogens with one attached hydrogen (secondary N) is 1. The van der Waals surface area contributed by atoms with Crippen molar-refractivity contribution in [2.24, 2.45) is 0 Å². The summed E-state index contributed by atoms with van der Waals surface area (Å²) in [7, 11) is 0. The fourth-order valence-electron chi connectivity index (χ4n) is 2.48. The number of anilines is 1. The molecule has 1 aromatic heterocycles. The number of hydrogen-bond donors (Lipinski definition) is 1. The molecular weight excluding hydrogens is 312 g/mol. The zero-order valence-electron chi connectivity index (χ0n) is 13.3. The number of aryl methyl sites for hydroxylation is 2. The summed E-state index contributed by atoms with van der Waals surface area (Å²) in [5.74, 6) is 3.28. The molecule has 0 atom stereocenters. The van der Waals surface area contributed by atoms with E-state index in [4.69, 9.17) is 4.52 Å². The van der Waals surface area contributed by atoms with Gasteiger partial charge in [-0.1, -0.05) is 11.2 Å². The summed E-state index contributed by atoms with van der Waals surface area (Å²) < 4.78 is 5.10. The molecule has 1 amide bonds. The summed E-state index contributed by atoms with van der Waals surface area (Å²) in [5, 5.41) is 7.04. The number of thioether (sulfide) groups is 1. The molecule has 23 heavy (non-hydrogen) atoms. The first-order valence-corrected chi connectivity index (χ1v) is 8.79. The highest BCUT2D eigenvalue weighted by atomic mass is 32.2. The molecule has 2 heterocycles. The Bertz CT molecular complexity index is 695. The lowest BCUT2D eigenvalue weighted by molar-refractivity contribution is 0.0772. The van der Waals surface area contributed by atoms with Gasteiger partial charge in [-0.25, -0.2) is 0 Å². The van der Waals surface area contributed by atoms with E-state index in [1.165, 1.54) is 0 Å². The Labute approximate surface area is 139 Å². The SMILES string of the molecule is Cc1noc(CNc2cc(C(=O)N3CCSCC3)ccc2C)n1. The summed E-state index contributed by atoms with van der Waals surface area (Å²) in [4.78, 5) is 18.7. The molecule has 0 unspecified atom stereocenters. The molecular formula is C16H20N4O2S. The fourth-order valence-corrected chi connectivity index (χ4v) is 3.38. The molecule has 0 bridgehead atoms. The summed E-state index contributed by atoms with van der Waals surface area (Å²) in [6, 6.07) is 5.76. The molecule has 1 aliphatic heterocycles.